The zero-order valence-corrected chi connectivity index (χ0v) is 18.3. The predicted octanol–water partition coefficient (Wildman–Crippen LogP) is 2.31. The van der Waals surface area contributed by atoms with Gasteiger partial charge in [-0.3, -0.25) is 10.0 Å². The lowest BCUT2D eigenvalue weighted by atomic mass is 9.84. The number of benzene rings is 1. The molecule has 7 nitrogen and oxygen atoms in total. The van der Waals surface area contributed by atoms with E-state index in [2.05, 4.69) is 39.0 Å². The first kappa shape index (κ1) is 22.2. The SMILES string of the molecule is CC(C)(C)c1ccc2c(c1)CN(S(=O)(=O)CC(C1CCOCC1)N(O)C=O)CC2. The summed E-state index contributed by atoms with van der Waals surface area (Å²) in [6.07, 6.45) is 2.22. The lowest BCUT2D eigenvalue weighted by molar-refractivity contribution is -0.165. The standard InChI is InChI=1S/C21H32N2O5S/c1-21(2,3)19-5-4-16-6-9-22(13-18(16)12-19)29(26,27)14-20(23(25)15-24)17-7-10-28-11-8-17/h4-5,12,15,17,20,25H,6-11,13-14H2,1-3H3. The molecule has 1 aromatic rings. The van der Waals surface area contributed by atoms with Crippen molar-refractivity contribution in [3.8, 4) is 0 Å². The summed E-state index contributed by atoms with van der Waals surface area (Å²) in [6.45, 7) is 8.19. The Morgan fingerprint density at radius 3 is 2.59 bits per heavy atom. The molecule has 2 heterocycles. The van der Waals surface area contributed by atoms with E-state index < -0.39 is 16.1 Å². The van der Waals surface area contributed by atoms with Crippen molar-refractivity contribution in [1.82, 2.24) is 9.37 Å². The molecule has 1 unspecified atom stereocenters. The highest BCUT2D eigenvalue weighted by molar-refractivity contribution is 7.89. The van der Waals surface area contributed by atoms with E-state index in [0.717, 1.165) is 5.56 Å². The van der Waals surface area contributed by atoms with E-state index in [1.165, 1.54) is 15.4 Å². The maximum absolute atomic E-state index is 13.2. The number of hydrogen-bond donors (Lipinski definition) is 1. The maximum atomic E-state index is 13.2. The molecular formula is C21H32N2O5S. The van der Waals surface area contributed by atoms with Crippen LogP contribution in [-0.4, -0.2) is 61.0 Å². The van der Waals surface area contributed by atoms with E-state index in [1.54, 1.807) is 0 Å². The number of fused-ring (bicyclic) bond motifs is 1. The molecule has 1 atom stereocenters. The maximum Gasteiger partial charge on any atom is 0.233 e. The molecule has 1 amide bonds. The number of rotatable bonds is 6. The van der Waals surface area contributed by atoms with Crippen molar-refractivity contribution in [2.24, 2.45) is 5.92 Å². The van der Waals surface area contributed by atoms with Crippen LogP contribution in [0.5, 0.6) is 0 Å². The Morgan fingerprint density at radius 1 is 1.28 bits per heavy atom. The lowest BCUT2D eigenvalue weighted by Gasteiger charge is -2.35. The number of amides is 1. The summed E-state index contributed by atoms with van der Waals surface area (Å²) in [4.78, 5) is 11.2. The fourth-order valence-corrected chi connectivity index (χ4v) is 5.94. The number of nitrogens with zero attached hydrogens (tertiary/aromatic N) is 2. The van der Waals surface area contributed by atoms with Gasteiger partial charge in [0.2, 0.25) is 16.4 Å². The summed E-state index contributed by atoms with van der Waals surface area (Å²) >= 11 is 0. The van der Waals surface area contributed by atoms with Crippen LogP contribution in [0.1, 0.15) is 50.3 Å². The molecule has 1 fully saturated rings. The highest BCUT2D eigenvalue weighted by Crippen LogP contribution is 2.30. The van der Waals surface area contributed by atoms with Gasteiger partial charge in [-0.15, -0.1) is 0 Å². The van der Waals surface area contributed by atoms with Gasteiger partial charge in [0.05, 0.1) is 11.8 Å². The number of sulfonamides is 1. The highest BCUT2D eigenvalue weighted by atomic mass is 32.2. The smallest absolute Gasteiger partial charge is 0.233 e. The molecule has 0 bridgehead atoms. The molecular weight excluding hydrogens is 392 g/mol. The fraction of sp³-hybridized carbons (Fsp3) is 0.667. The lowest BCUT2D eigenvalue weighted by Crippen LogP contribution is -2.48. The zero-order valence-electron chi connectivity index (χ0n) is 17.5. The second-order valence-corrected chi connectivity index (χ2v) is 11.1. The molecule has 1 saturated heterocycles. The fourth-order valence-electron chi connectivity index (χ4n) is 4.16. The van der Waals surface area contributed by atoms with Crippen LogP contribution in [0.2, 0.25) is 0 Å². The molecule has 3 rings (SSSR count). The molecule has 1 aromatic carbocycles. The molecule has 1 N–H and O–H groups in total. The average molecular weight is 425 g/mol. The van der Waals surface area contributed by atoms with E-state index in [0.29, 0.717) is 57.0 Å². The van der Waals surface area contributed by atoms with Crippen LogP contribution in [-0.2, 0) is 37.9 Å². The van der Waals surface area contributed by atoms with Crippen LogP contribution in [0.4, 0.5) is 0 Å². The van der Waals surface area contributed by atoms with Crippen LogP contribution in [0, 0.1) is 5.92 Å². The van der Waals surface area contributed by atoms with E-state index in [9.17, 15) is 18.4 Å². The third-order valence-corrected chi connectivity index (χ3v) is 7.94. The Hall–Kier alpha value is -1.48. The third-order valence-electron chi connectivity index (χ3n) is 6.08. The minimum absolute atomic E-state index is 0.00825. The van der Waals surface area contributed by atoms with Gasteiger partial charge in [0.25, 0.3) is 0 Å². The molecule has 0 radical (unpaired) electrons. The van der Waals surface area contributed by atoms with Crippen molar-refractivity contribution in [1.29, 1.82) is 0 Å². The zero-order chi connectivity index (χ0) is 21.2. The van der Waals surface area contributed by atoms with Crippen molar-refractivity contribution in [2.45, 2.75) is 58.0 Å². The number of ether oxygens (including phenoxy) is 1. The quantitative estimate of drug-likeness (QED) is 0.430. The van der Waals surface area contributed by atoms with E-state index >= 15 is 0 Å². The number of hydrogen-bond acceptors (Lipinski definition) is 5. The van der Waals surface area contributed by atoms with Crippen molar-refractivity contribution < 1.29 is 23.2 Å². The van der Waals surface area contributed by atoms with Gasteiger partial charge in [-0.1, -0.05) is 39.0 Å². The summed E-state index contributed by atoms with van der Waals surface area (Å²) in [7, 11) is -3.65. The molecule has 0 aromatic heterocycles. The normalized spacial score (nSPS) is 20.1. The average Bonchev–Trinajstić information content (AvgIpc) is 2.70. The Balaban J connectivity index is 1.79. The van der Waals surface area contributed by atoms with Crippen LogP contribution in [0.3, 0.4) is 0 Å². The van der Waals surface area contributed by atoms with Gasteiger partial charge in [-0.05, 0) is 47.3 Å². The summed E-state index contributed by atoms with van der Waals surface area (Å²) in [5.74, 6) is -0.375. The summed E-state index contributed by atoms with van der Waals surface area (Å²) in [5.41, 5.74) is 3.39. The van der Waals surface area contributed by atoms with Crippen molar-refractivity contribution >= 4 is 16.4 Å². The van der Waals surface area contributed by atoms with Gasteiger partial charge >= 0.3 is 0 Å². The number of hydroxylamine groups is 2. The summed E-state index contributed by atoms with van der Waals surface area (Å²) < 4.78 is 33.2. The Bertz CT molecular complexity index is 828. The predicted molar refractivity (Wildman–Crippen MR) is 110 cm³/mol. The van der Waals surface area contributed by atoms with E-state index in [1.807, 2.05) is 0 Å². The van der Waals surface area contributed by atoms with Crippen LogP contribution >= 0.6 is 0 Å². The van der Waals surface area contributed by atoms with Gasteiger partial charge in [0.1, 0.15) is 0 Å². The molecule has 162 valence electrons. The Labute approximate surface area is 173 Å². The van der Waals surface area contributed by atoms with E-state index in [-0.39, 0.29) is 17.1 Å². The van der Waals surface area contributed by atoms with Crippen molar-refractivity contribution in [3.63, 3.8) is 0 Å². The minimum Gasteiger partial charge on any atom is -0.381 e. The van der Waals surface area contributed by atoms with Crippen molar-refractivity contribution in [3.05, 3.63) is 34.9 Å². The van der Waals surface area contributed by atoms with Gasteiger partial charge in [-0.25, -0.2) is 13.5 Å². The molecule has 29 heavy (non-hydrogen) atoms. The summed E-state index contributed by atoms with van der Waals surface area (Å²) in [6, 6.07) is 5.57. The Kier molecular flexibility index (Phi) is 6.67. The topological polar surface area (TPSA) is 87.2 Å². The Morgan fingerprint density at radius 2 is 1.97 bits per heavy atom. The number of carbonyl (C=O) groups excluding carboxylic acids is 1. The molecule has 0 spiro atoms. The molecule has 0 aliphatic carbocycles. The first-order valence-electron chi connectivity index (χ1n) is 10.2. The van der Waals surface area contributed by atoms with Gasteiger partial charge in [0, 0.05) is 26.3 Å². The molecule has 2 aliphatic heterocycles. The van der Waals surface area contributed by atoms with Gasteiger partial charge < -0.3 is 4.74 Å². The highest BCUT2D eigenvalue weighted by Gasteiger charge is 2.36. The molecule has 2 aliphatic rings. The van der Waals surface area contributed by atoms with E-state index in [4.69, 9.17) is 4.74 Å². The molecule has 8 heteroatoms. The number of carbonyl (C=O) groups is 1. The van der Waals surface area contributed by atoms with Crippen molar-refractivity contribution in [2.75, 3.05) is 25.5 Å². The van der Waals surface area contributed by atoms with Crippen LogP contribution < -0.4 is 0 Å². The van der Waals surface area contributed by atoms with Crippen LogP contribution in [0.15, 0.2) is 18.2 Å². The first-order valence-corrected chi connectivity index (χ1v) is 11.8. The van der Waals surface area contributed by atoms with Gasteiger partial charge in [-0.2, -0.15) is 4.31 Å². The second-order valence-electron chi connectivity index (χ2n) is 9.10. The third kappa shape index (κ3) is 5.17. The summed E-state index contributed by atoms with van der Waals surface area (Å²) in [5, 5.41) is 10.6. The second kappa shape index (κ2) is 8.71. The first-order chi connectivity index (χ1) is 13.6. The minimum atomic E-state index is -3.65. The van der Waals surface area contributed by atoms with Crippen LogP contribution in [0.25, 0.3) is 0 Å². The monoisotopic (exact) mass is 424 g/mol. The molecule has 0 saturated carbocycles. The largest absolute Gasteiger partial charge is 0.381 e. The van der Waals surface area contributed by atoms with Gasteiger partial charge in [0.15, 0.2) is 0 Å².